The fourth-order valence-corrected chi connectivity index (χ4v) is 9.49. The van der Waals surface area contributed by atoms with E-state index in [-0.39, 0.29) is 5.97 Å². The molecule has 0 aliphatic rings. The summed E-state index contributed by atoms with van der Waals surface area (Å²) in [5.74, 6) is 0.0227. The standard InChI is InChI=1S/C19H45NO3Si3/c1-10-22-25(8,9)18-14-16-20(24(5,6)7)17-15-19(21)23-26(11-2,12-3)13-4/h10-18H2,1-9H3. The topological polar surface area (TPSA) is 38.8 Å². The number of hydrogen-bond acceptors (Lipinski definition) is 4. The second-order valence-electron chi connectivity index (χ2n) is 8.92. The molecule has 0 rings (SSSR count). The predicted molar refractivity (Wildman–Crippen MR) is 121 cm³/mol. The molecule has 0 aromatic heterocycles. The average Bonchev–Trinajstić information content (AvgIpc) is 2.54. The molecule has 0 spiro atoms. The molecule has 0 saturated heterocycles. The van der Waals surface area contributed by atoms with Crippen LogP contribution < -0.4 is 0 Å². The summed E-state index contributed by atoms with van der Waals surface area (Å²) in [4.78, 5) is 12.5. The highest BCUT2D eigenvalue weighted by atomic mass is 28.4. The normalized spacial score (nSPS) is 13.3. The molecule has 0 atom stereocenters. The molecule has 4 nitrogen and oxygen atoms in total. The Labute approximate surface area is 166 Å². The van der Waals surface area contributed by atoms with E-state index < -0.39 is 24.9 Å². The molecule has 156 valence electrons. The molecule has 0 unspecified atom stereocenters. The lowest BCUT2D eigenvalue weighted by molar-refractivity contribution is -0.135. The summed E-state index contributed by atoms with van der Waals surface area (Å²) in [7, 11) is -4.78. The first-order valence-electron chi connectivity index (χ1n) is 10.6. The second kappa shape index (κ2) is 11.8. The van der Waals surface area contributed by atoms with Gasteiger partial charge in [0.2, 0.25) is 0 Å². The van der Waals surface area contributed by atoms with Crippen molar-refractivity contribution in [3.8, 4) is 0 Å². The van der Waals surface area contributed by atoms with E-state index in [1.165, 1.54) is 6.04 Å². The molecule has 0 saturated carbocycles. The summed E-state index contributed by atoms with van der Waals surface area (Å²) in [5, 5.41) is 0. The fourth-order valence-electron chi connectivity index (χ4n) is 3.43. The number of nitrogens with zero attached hydrogens (tertiary/aromatic N) is 1. The molecule has 0 amide bonds. The van der Waals surface area contributed by atoms with Gasteiger partial charge in [-0.15, -0.1) is 0 Å². The van der Waals surface area contributed by atoms with E-state index in [9.17, 15) is 4.79 Å². The minimum absolute atomic E-state index is 0.0227. The van der Waals surface area contributed by atoms with Gasteiger partial charge >= 0.3 is 0 Å². The molecule has 0 heterocycles. The van der Waals surface area contributed by atoms with Crippen LogP contribution >= 0.6 is 0 Å². The average molecular weight is 420 g/mol. The molecular formula is C19H45NO3Si3. The van der Waals surface area contributed by atoms with Gasteiger partial charge in [0.25, 0.3) is 14.3 Å². The Bertz CT molecular complexity index is 399. The Morgan fingerprint density at radius 3 is 1.85 bits per heavy atom. The first-order valence-corrected chi connectivity index (χ1v) is 19.6. The van der Waals surface area contributed by atoms with Gasteiger partial charge in [0.05, 0.1) is 6.42 Å². The van der Waals surface area contributed by atoms with Gasteiger partial charge < -0.3 is 13.4 Å². The van der Waals surface area contributed by atoms with Gasteiger partial charge in [-0.2, -0.15) is 0 Å². The number of carbonyl (C=O) groups is 1. The smallest absolute Gasteiger partial charge is 0.293 e. The second-order valence-corrected chi connectivity index (χ2v) is 22.9. The van der Waals surface area contributed by atoms with E-state index in [4.69, 9.17) is 8.85 Å². The monoisotopic (exact) mass is 419 g/mol. The Morgan fingerprint density at radius 1 is 0.885 bits per heavy atom. The maximum atomic E-state index is 12.5. The lowest BCUT2D eigenvalue weighted by Gasteiger charge is -2.35. The number of rotatable bonds is 14. The van der Waals surface area contributed by atoms with Crippen LogP contribution in [0.25, 0.3) is 0 Å². The van der Waals surface area contributed by atoms with Gasteiger partial charge in [-0.25, -0.2) is 0 Å². The molecule has 0 aliphatic carbocycles. The van der Waals surface area contributed by atoms with Crippen molar-refractivity contribution in [3.63, 3.8) is 0 Å². The Hall–Kier alpha value is 0.0406. The van der Waals surface area contributed by atoms with Gasteiger partial charge in [0.15, 0.2) is 8.32 Å². The third-order valence-corrected chi connectivity index (χ3v) is 15.0. The van der Waals surface area contributed by atoms with Crippen molar-refractivity contribution in [2.45, 2.75) is 97.4 Å². The minimum atomic E-state index is -1.83. The summed E-state index contributed by atoms with van der Waals surface area (Å²) >= 11 is 0. The molecule has 7 heteroatoms. The van der Waals surface area contributed by atoms with Crippen LogP contribution in [0.1, 0.15) is 40.5 Å². The van der Waals surface area contributed by atoms with Crippen LogP contribution in [0.5, 0.6) is 0 Å². The zero-order valence-corrected chi connectivity index (χ0v) is 22.0. The molecule has 0 aromatic carbocycles. The zero-order valence-electron chi connectivity index (χ0n) is 19.0. The van der Waals surface area contributed by atoms with Crippen molar-refractivity contribution in [1.82, 2.24) is 4.57 Å². The van der Waals surface area contributed by atoms with Crippen LogP contribution in [0.3, 0.4) is 0 Å². The van der Waals surface area contributed by atoms with Gasteiger partial charge in [-0.1, -0.05) is 40.4 Å². The zero-order chi connectivity index (χ0) is 20.4. The van der Waals surface area contributed by atoms with E-state index in [2.05, 4.69) is 65.0 Å². The maximum Gasteiger partial charge on any atom is 0.293 e. The molecule has 0 fully saturated rings. The summed E-state index contributed by atoms with van der Waals surface area (Å²) in [6.07, 6.45) is 1.70. The molecule has 0 radical (unpaired) electrons. The van der Waals surface area contributed by atoms with Crippen LogP contribution in [0.15, 0.2) is 0 Å². The van der Waals surface area contributed by atoms with Crippen molar-refractivity contribution in [2.24, 2.45) is 0 Å². The van der Waals surface area contributed by atoms with Crippen LogP contribution in [0, 0.1) is 0 Å². The molecular weight excluding hydrogens is 374 g/mol. The van der Waals surface area contributed by atoms with Crippen molar-refractivity contribution >= 4 is 30.8 Å². The van der Waals surface area contributed by atoms with Crippen molar-refractivity contribution in [1.29, 1.82) is 0 Å². The van der Waals surface area contributed by atoms with Crippen LogP contribution in [0.2, 0.25) is 56.9 Å². The minimum Gasteiger partial charge on any atom is -0.519 e. The lowest BCUT2D eigenvalue weighted by atomic mass is 10.4. The summed E-state index contributed by atoms with van der Waals surface area (Å²) in [6, 6.07) is 4.27. The molecule has 26 heavy (non-hydrogen) atoms. The highest BCUT2D eigenvalue weighted by molar-refractivity contribution is 6.75. The maximum absolute atomic E-state index is 12.5. The van der Waals surface area contributed by atoms with Crippen molar-refractivity contribution < 1.29 is 13.6 Å². The van der Waals surface area contributed by atoms with E-state index in [1.807, 2.05) is 0 Å². The van der Waals surface area contributed by atoms with Gasteiger partial charge in [0, 0.05) is 13.2 Å². The molecule has 0 N–H and O–H groups in total. The first-order chi connectivity index (χ1) is 11.9. The van der Waals surface area contributed by atoms with Crippen LogP contribution in [0.4, 0.5) is 0 Å². The Balaban J connectivity index is 4.63. The van der Waals surface area contributed by atoms with Crippen LogP contribution in [-0.2, 0) is 13.6 Å². The highest BCUT2D eigenvalue weighted by Crippen LogP contribution is 2.23. The largest absolute Gasteiger partial charge is 0.519 e. The number of hydrogen-bond donors (Lipinski definition) is 0. The van der Waals surface area contributed by atoms with Crippen LogP contribution in [-0.4, -0.2) is 55.1 Å². The van der Waals surface area contributed by atoms with Crippen molar-refractivity contribution in [3.05, 3.63) is 0 Å². The quantitative estimate of drug-likeness (QED) is 0.339. The van der Waals surface area contributed by atoms with Gasteiger partial charge in [-0.05, 0) is 57.2 Å². The Morgan fingerprint density at radius 2 is 1.42 bits per heavy atom. The van der Waals surface area contributed by atoms with Gasteiger partial charge in [0.1, 0.15) is 8.24 Å². The van der Waals surface area contributed by atoms with Crippen molar-refractivity contribution in [2.75, 3.05) is 19.7 Å². The summed E-state index contributed by atoms with van der Waals surface area (Å²) < 4.78 is 14.5. The third-order valence-electron chi connectivity index (χ3n) is 5.54. The lowest BCUT2D eigenvalue weighted by Crippen LogP contribution is -2.48. The third kappa shape index (κ3) is 9.83. The molecule has 0 bridgehead atoms. The fraction of sp³-hybridized carbons (Fsp3) is 0.947. The van der Waals surface area contributed by atoms with E-state index in [0.717, 1.165) is 44.2 Å². The highest BCUT2D eigenvalue weighted by Gasteiger charge is 2.33. The number of carbonyl (C=O) groups excluding carboxylic acids is 1. The van der Waals surface area contributed by atoms with E-state index in [1.54, 1.807) is 0 Å². The first kappa shape index (κ1) is 26.0. The van der Waals surface area contributed by atoms with Gasteiger partial charge in [-0.3, -0.25) is 4.79 Å². The molecule has 0 aliphatic heterocycles. The Kier molecular flexibility index (Phi) is 11.8. The van der Waals surface area contributed by atoms with E-state index in [0.29, 0.717) is 6.42 Å². The summed E-state index contributed by atoms with van der Waals surface area (Å²) in [6.45, 7) is 23.0. The SMILES string of the molecule is CCO[Si](C)(C)CCCN(CCC(=O)O[Si](CC)(CC)CC)[Si](C)(C)C. The predicted octanol–water partition coefficient (Wildman–Crippen LogP) is 5.69. The molecule has 0 aromatic rings. The summed E-state index contributed by atoms with van der Waals surface area (Å²) in [5.41, 5.74) is 0. The van der Waals surface area contributed by atoms with E-state index >= 15 is 0 Å².